The predicted molar refractivity (Wildman–Crippen MR) is 289 cm³/mol. The van der Waals surface area contributed by atoms with Gasteiger partial charge in [-0.25, -0.2) is 0 Å². The van der Waals surface area contributed by atoms with Crippen LogP contribution in [0.2, 0.25) is 0 Å². The Morgan fingerprint density at radius 1 is 0.147 bits per heavy atom. The fourth-order valence-corrected chi connectivity index (χ4v) is 12.4. The summed E-state index contributed by atoms with van der Waals surface area (Å²) in [6.45, 7) is 0. The number of fused-ring (bicyclic) bond motifs is 8. The highest BCUT2D eigenvalue weighted by Gasteiger charge is 2.35. The van der Waals surface area contributed by atoms with E-state index in [9.17, 15) is 0 Å². The average molecular weight is 857 g/mol. The molecule has 0 radical (unpaired) electrons. The zero-order chi connectivity index (χ0) is 44.5. The molecule has 68 heavy (non-hydrogen) atoms. The lowest BCUT2D eigenvalue weighted by Crippen LogP contribution is -1.94. The molecular weight excluding hydrogens is 817 g/mol. The van der Waals surface area contributed by atoms with E-state index in [4.69, 9.17) is 0 Å². The van der Waals surface area contributed by atoms with Gasteiger partial charge < -0.3 is 0 Å². The maximum atomic E-state index is 2.55. The van der Waals surface area contributed by atoms with Crippen LogP contribution >= 0.6 is 0 Å². The predicted octanol–water partition coefficient (Wildman–Crippen LogP) is 19.0. The molecule has 0 saturated heterocycles. The van der Waals surface area contributed by atoms with Crippen LogP contribution in [0.4, 0.5) is 0 Å². The molecule has 0 aliphatic heterocycles. The van der Waals surface area contributed by atoms with Gasteiger partial charge in [-0.1, -0.05) is 231 Å². The van der Waals surface area contributed by atoms with Crippen molar-refractivity contribution in [2.75, 3.05) is 0 Å². The first-order valence-electron chi connectivity index (χ1n) is 23.8. The van der Waals surface area contributed by atoms with Crippen molar-refractivity contribution in [3.63, 3.8) is 0 Å². The molecule has 0 saturated carbocycles. The smallest absolute Gasteiger partial charge is 0.000739 e. The summed E-state index contributed by atoms with van der Waals surface area (Å²) in [4.78, 5) is 0. The third kappa shape index (κ3) is 5.15. The van der Waals surface area contributed by atoms with E-state index in [2.05, 4.69) is 243 Å². The molecular formula is C68H40. The monoisotopic (exact) mass is 856 g/mol. The summed E-state index contributed by atoms with van der Waals surface area (Å²) in [7, 11) is 0. The van der Waals surface area contributed by atoms with Crippen LogP contribution in [0.5, 0.6) is 0 Å². The maximum Gasteiger partial charge on any atom is -0.000739 e. The number of hydrogen-bond donors (Lipinski definition) is 0. The van der Waals surface area contributed by atoms with Crippen molar-refractivity contribution in [1.29, 1.82) is 0 Å². The Balaban J connectivity index is 1.16. The van der Waals surface area contributed by atoms with Gasteiger partial charge in [0.1, 0.15) is 0 Å². The zero-order valence-corrected chi connectivity index (χ0v) is 37.1. The molecule has 0 spiro atoms. The second-order valence-electron chi connectivity index (χ2n) is 18.5. The topological polar surface area (TPSA) is 0 Å². The number of rotatable bonds is 6. The van der Waals surface area contributed by atoms with E-state index in [-0.39, 0.29) is 0 Å². The average Bonchev–Trinajstić information content (AvgIpc) is 3.94. The molecule has 0 unspecified atom stereocenters. The maximum absolute atomic E-state index is 2.55. The summed E-state index contributed by atoms with van der Waals surface area (Å²) in [6, 6.07) is 90.7. The Labute approximate surface area is 395 Å². The van der Waals surface area contributed by atoms with Gasteiger partial charge in [-0.15, -0.1) is 0 Å². The van der Waals surface area contributed by atoms with Crippen molar-refractivity contribution in [2.24, 2.45) is 0 Å². The first kappa shape index (κ1) is 37.4. The fraction of sp³-hybridized carbons (Fsp3) is 0. The minimum absolute atomic E-state index is 1.22. The van der Waals surface area contributed by atoms with Crippen molar-refractivity contribution in [1.82, 2.24) is 0 Å². The summed E-state index contributed by atoms with van der Waals surface area (Å²) < 4.78 is 0. The van der Waals surface area contributed by atoms with Crippen LogP contribution in [0, 0.1) is 0 Å². The van der Waals surface area contributed by atoms with Crippen molar-refractivity contribution in [2.45, 2.75) is 0 Å². The van der Waals surface area contributed by atoms with Crippen LogP contribution in [0.3, 0.4) is 0 Å². The molecule has 0 bridgehead atoms. The Bertz CT molecular complexity index is 3900. The highest BCUT2D eigenvalue weighted by Crippen LogP contribution is 2.63. The van der Waals surface area contributed by atoms with E-state index >= 15 is 0 Å². The van der Waals surface area contributed by atoms with Gasteiger partial charge in [0, 0.05) is 0 Å². The van der Waals surface area contributed by atoms with Gasteiger partial charge in [0.25, 0.3) is 0 Å². The molecule has 0 heteroatoms. The van der Waals surface area contributed by atoms with Crippen molar-refractivity contribution >= 4 is 43.1 Å². The normalized spacial score (nSPS) is 12.1. The minimum atomic E-state index is 1.22. The molecule has 312 valence electrons. The van der Waals surface area contributed by atoms with E-state index in [0.29, 0.717) is 0 Å². The van der Waals surface area contributed by atoms with Gasteiger partial charge in [-0.3, -0.25) is 0 Å². The van der Waals surface area contributed by atoms with Crippen molar-refractivity contribution in [3.8, 4) is 111 Å². The molecule has 2 aliphatic carbocycles. The number of benzene rings is 13. The largest absolute Gasteiger partial charge is 0.0622 e. The van der Waals surface area contributed by atoms with E-state index < -0.39 is 0 Å². The minimum Gasteiger partial charge on any atom is -0.0622 e. The Morgan fingerprint density at radius 3 is 0.662 bits per heavy atom. The molecule has 2 aliphatic rings. The molecule has 13 aromatic carbocycles. The summed E-state index contributed by atoms with van der Waals surface area (Å²) in [5, 5.41) is 10.6. The lowest BCUT2D eigenvalue weighted by Gasteiger charge is -2.22. The lowest BCUT2D eigenvalue weighted by atomic mass is 9.80. The first-order chi connectivity index (χ1) is 33.8. The van der Waals surface area contributed by atoms with Gasteiger partial charge in [0.15, 0.2) is 0 Å². The number of hydrogen-bond acceptors (Lipinski definition) is 0. The van der Waals surface area contributed by atoms with Gasteiger partial charge in [-0.05, 0) is 166 Å². The molecule has 13 aromatic rings. The van der Waals surface area contributed by atoms with Gasteiger partial charge >= 0.3 is 0 Å². The molecule has 0 nitrogen and oxygen atoms in total. The van der Waals surface area contributed by atoms with Crippen LogP contribution in [-0.4, -0.2) is 0 Å². The zero-order valence-electron chi connectivity index (χ0n) is 37.1. The van der Waals surface area contributed by atoms with Gasteiger partial charge in [0.05, 0.1) is 0 Å². The Kier molecular flexibility index (Phi) is 7.88. The first-order valence-corrected chi connectivity index (χ1v) is 23.8. The summed E-state index contributed by atoms with van der Waals surface area (Å²) in [6.07, 6.45) is 0. The fourth-order valence-electron chi connectivity index (χ4n) is 12.4. The lowest BCUT2D eigenvalue weighted by molar-refractivity contribution is 1.59. The highest BCUT2D eigenvalue weighted by molar-refractivity contribution is 6.44. The molecule has 0 fully saturated rings. The molecule has 15 rings (SSSR count). The van der Waals surface area contributed by atoms with Crippen LogP contribution in [0.25, 0.3) is 154 Å². The second kappa shape index (κ2) is 14.3. The van der Waals surface area contributed by atoms with Crippen LogP contribution in [-0.2, 0) is 0 Å². The van der Waals surface area contributed by atoms with E-state index in [1.807, 2.05) is 0 Å². The Morgan fingerprint density at radius 2 is 0.382 bits per heavy atom. The molecule has 0 N–H and O–H groups in total. The van der Waals surface area contributed by atoms with Gasteiger partial charge in [-0.2, -0.15) is 0 Å². The molecule has 0 aromatic heterocycles. The SMILES string of the molecule is c1ccc(-c2ccc(-c3ccccc3)c3c2-c2ccc4c5c(-c6ccccc6)cc6c7c(ccc(c8c(-c9ccccc9)cc-3c2c48)c75)-c2c(-c3ccccc3)ccc(-c3ccccc3)c2-6)cc1. The molecule has 0 amide bonds. The van der Waals surface area contributed by atoms with E-state index in [0.717, 1.165) is 0 Å². The molecule has 0 heterocycles. The quantitative estimate of drug-likeness (QED) is 0.115. The molecule has 0 atom stereocenters. The third-order valence-electron chi connectivity index (χ3n) is 15.1. The van der Waals surface area contributed by atoms with E-state index in [1.165, 1.54) is 154 Å². The third-order valence-corrected chi connectivity index (χ3v) is 15.1. The van der Waals surface area contributed by atoms with Crippen LogP contribution in [0.1, 0.15) is 0 Å². The second-order valence-corrected chi connectivity index (χ2v) is 18.5. The summed E-state index contributed by atoms with van der Waals surface area (Å²) in [5.74, 6) is 0. The highest BCUT2D eigenvalue weighted by atomic mass is 14.4. The van der Waals surface area contributed by atoms with Crippen molar-refractivity contribution < 1.29 is 0 Å². The summed E-state index contributed by atoms with van der Waals surface area (Å²) in [5.41, 5.74) is 25.4. The van der Waals surface area contributed by atoms with Crippen LogP contribution in [0.15, 0.2) is 243 Å². The van der Waals surface area contributed by atoms with Crippen molar-refractivity contribution in [3.05, 3.63) is 243 Å². The van der Waals surface area contributed by atoms with E-state index in [1.54, 1.807) is 0 Å². The Hall–Kier alpha value is -8.84. The van der Waals surface area contributed by atoms with Crippen LogP contribution < -0.4 is 0 Å². The standard InChI is InChI=1S/C68H40/c1-7-19-41(20-8-1)47-31-33-49(43-23-11-3-12-24-43)61-57-39-55(45-27-15-5-16-28-45)63-54-38-36-52-60-48(42-21-9-2-10-22-42)32-34-50(44-25-13-4-14-26-44)62(60)58-40-56(46-29-17-6-18-30-46)64(68(54)66(52)58)53-37-35-51(59(47)61)65(57)67(53)63/h1-40H. The summed E-state index contributed by atoms with van der Waals surface area (Å²) >= 11 is 0. The van der Waals surface area contributed by atoms with Gasteiger partial charge in [0.2, 0.25) is 0 Å².